The van der Waals surface area contributed by atoms with Gasteiger partial charge in [-0.05, 0) is 39.5 Å². The molecule has 0 fully saturated rings. The molecule has 0 aliphatic rings. The van der Waals surface area contributed by atoms with Crippen molar-refractivity contribution in [3.63, 3.8) is 0 Å². The van der Waals surface area contributed by atoms with E-state index in [9.17, 15) is 9.90 Å². The van der Waals surface area contributed by atoms with Gasteiger partial charge < -0.3 is 14.7 Å². The molecule has 0 bridgehead atoms. The number of aliphatic hydroxyl groups is 1. The van der Waals surface area contributed by atoms with E-state index in [1.165, 1.54) is 0 Å². The van der Waals surface area contributed by atoms with Crippen LogP contribution in [0.4, 0.5) is 0 Å². The summed E-state index contributed by atoms with van der Waals surface area (Å²) in [6.45, 7) is 14.2. The van der Waals surface area contributed by atoms with Crippen LogP contribution in [-0.4, -0.2) is 40.9 Å². The number of carbonyl (C=O) groups is 1. The number of amides is 1. The van der Waals surface area contributed by atoms with Gasteiger partial charge in [0, 0.05) is 13.5 Å². The lowest BCUT2D eigenvalue weighted by molar-refractivity contribution is -0.146. The fourth-order valence-electron chi connectivity index (χ4n) is 2.39. The average molecular weight is 259 g/mol. The Morgan fingerprint density at radius 1 is 1.33 bits per heavy atom. The van der Waals surface area contributed by atoms with Crippen LogP contribution in [0.15, 0.2) is 0 Å². The van der Waals surface area contributed by atoms with Crippen LogP contribution in [0, 0.1) is 5.41 Å². The van der Waals surface area contributed by atoms with Crippen LogP contribution >= 0.6 is 0 Å². The predicted octanol–water partition coefficient (Wildman–Crippen LogP) is 2.40. The summed E-state index contributed by atoms with van der Waals surface area (Å²) in [5.74, 6) is 0.0188. The minimum absolute atomic E-state index is 0.0188. The molecule has 0 rings (SSSR count). The molecule has 0 saturated carbocycles. The van der Waals surface area contributed by atoms with Crippen molar-refractivity contribution in [1.29, 1.82) is 0 Å². The molecular weight excluding hydrogens is 230 g/mol. The van der Waals surface area contributed by atoms with Gasteiger partial charge in [-0.25, -0.2) is 0 Å². The summed E-state index contributed by atoms with van der Waals surface area (Å²) in [6.07, 6.45) is 0.424. The molecular formula is C14H29NO3. The Morgan fingerprint density at radius 3 is 2.17 bits per heavy atom. The molecule has 0 aromatic rings. The average Bonchev–Trinajstić information content (AvgIpc) is 2.11. The van der Waals surface area contributed by atoms with Gasteiger partial charge in [0.1, 0.15) is 6.23 Å². The van der Waals surface area contributed by atoms with Crippen molar-refractivity contribution in [2.45, 2.75) is 66.7 Å². The molecule has 0 aromatic heterocycles. The lowest BCUT2D eigenvalue weighted by Crippen LogP contribution is -2.41. The molecule has 0 radical (unpaired) electrons. The summed E-state index contributed by atoms with van der Waals surface area (Å²) < 4.78 is 5.76. The third-order valence-electron chi connectivity index (χ3n) is 2.81. The highest BCUT2D eigenvalue weighted by atomic mass is 16.5. The highest BCUT2D eigenvalue weighted by Gasteiger charge is 2.28. The second-order valence-electron chi connectivity index (χ2n) is 6.37. The lowest BCUT2D eigenvalue weighted by Gasteiger charge is -2.34. The summed E-state index contributed by atoms with van der Waals surface area (Å²) in [4.78, 5) is 13.1. The molecule has 0 aromatic carbocycles. The highest BCUT2D eigenvalue weighted by molar-refractivity contribution is 5.73. The van der Waals surface area contributed by atoms with Crippen molar-refractivity contribution in [3.8, 4) is 0 Å². The van der Waals surface area contributed by atoms with Gasteiger partial charge in [-0.3, -0.25) is 4.79 Å². The molecule has 4 heteroatoms. The van der Waals surface area contributed by atoms with Crippen LogP contribution in [0.25, 0.3) is 0 Å². The number of ether oxygens (including phenoxy) is 1. The van der Waals surface area contributed by atoms with Crippen LogP contribution in [0.3, 0.4) is 0 Å². The maximum absolute atomic E-state index is 11.4. The first-order chi connectivity index (χ1) is 7.98. The SMILES string of the molecule is CCN(C(C)=O)C(C)OCC(C)(C)CC(C)(C)O. The summed E-state index contributed by atoms with van der Waals surface area (Å²) in [5.41, 5.74) is -0.830. The fourth-order valence-corrected chi connectivity index (χ4v) is 2.39. The third-order valence-corrected chi connectivity index (χ3v) is 2.81. The molecule has 4 nitrogen and oxygen atoms in total. The van der Waals surface area contributed by atoms with Crippen LogP contribution in [-0.2, 0) is 9.53 Å². The molecule has 18 heavy (non-hydrogen) atoms. The normalized spacial score (nSPS) is 14.4. The maximum Gasteiger partial charge on any atom is 0.221 e. The zero-order valence-corrected chi connectivity index (χ0v) is 12.9. The number of hydrogen-bond acceptors (Lipinski definition) is 3. The first kappa shape index (κ1) is 17.4. The van der Waals surface area contributed by atoms with E-state index in [0.29, 0.717) is 19.6 Å². The smallest absolute Gasteiger partial charge is 0.221 e. The fraction of sp³-hybridized carbons (Fsp3) is 0.929. The predicted molar refractivity (Wildman–Crippen MR) is 73.2 cm³/mol. The Labute approximate surface area is 111 Å². The first-order valence-electron chi connectivity index (χ1n) is 6.60. The zero-order chi connectivity index (χ0) is 14.6. The molecule has 0 spiro atoms. The lowest BCUT2D eigenvalue weighted by atomic mass is 9.82. The van der Waals surface area contributed by atoms with Gasteiger partial charge in [0.25, 0.3) is 0 Å². The largest absolute Gasteiger partial charge is 0.390 e. The van der Waals surface area contributed by atoms with Gasteiger partial charge in [-0.1, -0.05) is 13.8 Å². The second-order valence-corrected chi connectivity index (χ2v) is 6.37. The minimum Gasteiger partial charge on any atom is -0.390 e. The monoisotopic (exact) mass is 259 g/mol. The van der Waals surface area contributed by atoms with Crippen LogP contribution in [0.5, 0.6) is 0 Å². The summed E-state index contributed by atoms with van der Waals surface area (Å²) in [6, 6.07) is 0. The van der Waals surface area contributed by atoms with Gasteiger partial charge in [0.15, 0.2) is 0 Å². The van der Waals surface area contributed by atoms with Crippen LogP contribution in [0.2, 0.25) is 0 Å². The van der Waals surface area contributed by atoms with Crippen molar-refractivity contribution in [1.82, 2.24) is 4.90 Å². The Hall–Kier alpha value is -0.610. The van der Waals surface area contributed by atoms with Crippen molar-refractivity contribution >= 4 is 5.91 Å². The molecule has 0 heterocycles. The summed E-state index contributed by atoms with van der Waals surface area (Å²) >= 11 is 0. The second kappa shape index (κ2) is 6.53. The van der Waals surface area contributed by atoms with E-state index in [1.807, 2.05) is 13.8 Å². The summed E-state index contributed by atoms with van der Waals surface area (Å²) in [5, 5.41) is 9.84. The van der Waals surface area contributed by atoms with E-state index >= 15 is 0 Å². The minimum atomic E-state index is -0.707. The Morgan fingerprint density at radius 2 is 1.83 bits per heavy atom. The van der Waals surface area contributed by atoms with E-state index < -0.39 is 5.60 Å². The molecule has 108 valence electrons. The Balaban J connectivity index is 4.34. The summed E-state index contributed by atoms with van der Waals surface area (Å²) in [7, 11) is 0. The van der Waals surface area contributed by atoms with Gasteiger partial charge in [0.2, 0.25) is 5.91 Å². The molecule has 0 saturated heterocycles. The quantitative estimate of drug-likeness (QED) is 0.714. The van der Waals surface area contributed by atoms with E-state index in [1.54, 1.807) is 25.7 Å². The first-order valence-corrected chi connectivity index (χ1v) is 6.60. The van der Waals surface area contributed by atoms with Crippen LogP contribution < -0.4 is 0 Å². The molecule has 0 aliphatic carbocycles. The number of rotatable bonds is 7. The van der Waals surface area contributed by atoms with Crippen molar-refractivity contribution < 1.29 is 14.6 Å². The molecule has 1 amide bonds. The van der Waals surface area contributed by atoms with Crippen LogP contribution in [0.1, 0.15) is 54.9 Å². The molecule has 1 atom stereocenters. The van der Waals surface area contributed by atoms with E-state index in [2.05, 4.69) is 13.8 Å². The maximum atomic E-state index is 11.4. The topological polar surface area (TPSA) is 49.8 Å². The number of hydrogen-bond donors (Lipinski definition) is 1. The zero-order valence-electron chi connectivity index (χ0n) is 12.9. The van der Waals surface area contributed by atoms with Crippen molar-refractivity contribution in [3.05, 3.63) is 0 Å². The standard InChI is InChI=1S/C14H29NO3/c1-8-15(11(2)16)12(3)18-10-13(4,5)9-14(6,7)17/h12,17H,8-10H2,1-7H3. The van der Waals surface area contributed by atoms with Crippen molar-refractivity contribution in [2.24, 2.45) is 5.41 Å². The number of nitrogens with zero attached hydrogens (tertiary/aromatic N) is 1. The van der Waals surface area contributed by atoms with Gasteiger partial charge in [0.05, 0.1) is 12.2 Å². The highest BCUT2D eigenvalue weighted by Crippen LogP contribution is 2.28. The van der Waals surface area contributed by atoms with E-state index in [4.69, 9.17) is 4.74 Å². The molecule has 1 N–H and O–H groups in total. The molecule has 1 unspecified atom stereocenters. The van der Waals surface area contributed by atoms with E-state index in [-0.39, 0.29) is 17.6 Å². The number of carbonyl (C=O) groups excluding carboxylic acids is 1. The van der Waals surface area contributed by atoms with E-state index in [0.717, 1.165) is 0 Å². The Bertz CT molecular complexity index is 269. The van der Waals surface area contributed by atoms with Gasteiger partial charge >= 0.3 is 0 Å². The molecule has 0 aliphatic heterocycles. The van der Waals surface area contributed by atoms with Gasteiger partial charge in [-0.2, -0.15) is 0 Å². The van der Waals surface area contributed by atoms with Gasteiger partial charge in [-0.15, -0.1) is 0 Å². The van der Waals surface area contributed by atoms with Crippen molar-refractivity contribution in [2.75, 3.05) is 13.2 Å². The Kier molecular flexibility index (Phi) is 6.30. The third kappa shape index (κ3) is 6.97.